The van der Waals surface area contributed by atoms with Crippen LogP contribution in [-0.2, 0) is 28.6 Å². The fraction of sp³-hybridized carbons (Fsp3) is 0.478. The number of amides is 3. The van der Waals surface area contributed by atoms with E-state index in [0.29, 0.717) is 4.90 Å². The maximum atomic E-state index is 14.1. The SMILES string of the molecule is COCCOCCN(C[C@@H](C(=O)Oc1c(F)c(F)c(F)c(F)c1F)N1C(=O)C=CC1=O)C(=O)OC(C)(C)C. The third kappa shape index (κ3) is 7.47. The second kappa shape index (κ2) is 12.8. The fourth-order valence-corrected chi connectivity index (χ4v) is 3.03. The van der Waals surface area contributed by atoms with Crippen molar-refractivity contribution in [2.45, 2.75) is 32.4 Å². The zero-order chi connectivity index (χ0) is 28.8. The number of hydrogen-bond donors (Lipinski definition) is 0. The number of esters is 1. The number of nitrogens with zero attached hydrogens (tertiary/aromatic N) is 2. The Hall–Kier alpha value is -3.59. The van der Waals surface area contributed by atoms with Crippen LogP contribution in [0.5, 0.6) is 5.75 Å². The van der Waals surface area contributed by atoms with Crippen molar-refractivity contribution in [2.75, 3.05) is 40.0 Å². The summed E-state index contributed by atoms with van der Waals surface area (Å²) >= 11 is 0. The zero-order valence-corrected chi connectivity index (χ0v) is 20.8. The molecule has 2 rings (SSSR count). The van der Waals surface area contributed by atoms with Crippen molar-refractivity contribution >= 4 is 23.9 Å². The number of methoxy groups -OCH3 is 1. The number of ether oxygens (including phenoxy) is 4. The van der Waals surface area contributed by atoms with Gasteiger partial charge in [0.05, 0.1) is 26.4 Å². The summed E-state index contributed by atoms with van der Waals surface area (Å²) in [7, 11) is 1.43. The van der Waals surface area contributed by atoms with Gasteiger partial charge in [-0.3, -0.25) is 14.5 Å². The number of halogens is 5. The van der Waals surface area contributed by atoms with Crippen molar-refractivity contribution < 1.29 is 60.1 Å². The van der Waals surface area contributed by atoms with Crippen LogP contribution >= 0.6 is 0 Å². The summed E-state index contributed by atoms with van der Waals surface area (Å²) in [4.78, 5) is 51.5. The average Bonchev–Trinajstić information content (AvgIpc) is 3.17. The summed E-state index contributed by atoms with van der Waals surface area (Å²) in [6, 6.07) is -2.08. The molecule has 1 aliphatic rings. The molecule has 15 heteroatoms. The molecule has 0 saturated carbocycles. The highest BCUT2D eigenvalue weighted by atomic mass is 19.2. The van der Waals surface area contributed by atoms with Crippen LogP contribution < -0.4 is 4.74 Å². The third-order valence-electron chi connectivity index (χ3n) is 4.78. The average molecular weight is 552 g/mol. The minimum absolute atomic E-state index is 0.122. The molecule has 1 aromatic carbocycles. The number of hydrogen-bond acceptors (Lipinski definition) is 8. The van der Waals surface area contributed by atoms with Gasteiger partial charge in [0.25, 0.3) is 11.8 Å². The smallest absolute Gasteiger partial charge is 0.410 e. The largest absolute Gasteiger partial charge is 0.444 e. The molecule has 210 valence electrons. The minimum Gasteiger partial charge on any atom is -0.444 e. The molecule has 1 aromatic rings. The van der Waals surface area contributed by atoms with Gasteiger partial charge in [-0.15, -0.1) is 0 Å². The third-order valence-corrected chi connectivity index (χ3v) is 4.78. The Kier molecular flexibility index (Phi) is 10.3. The van der Waals surface area contributed by atoms with Crippen molar-refractivity contribution in [3.8, 4) is 5.75 Å². The van der Waals surface area contributed by atoms with Crippen LogP contribution in [0.2, 0.25) is 0 Å². The Bertz CT molecular complexity index is 1080. The van der Waals surface area contributed by atoms with Gasteiger partial charge in [-0.2, -0.15) is 8.78 Å². The molecule has 0 saturated heterocycles. The van der Waals surface area contributed by atoms with Crippen LogP contribution in [-0.4, -0.2) is 85.3 Å². The number of rotatable bonds is 11. The summed E-state index contributed by atoms with van der Waals surface area (Å²) in [5.74, 6) is -18.0. The molecule has 0 spiro atoms. The Morgan fingerprint density at radius 2 is 1.42 bits per heavy atom. The first-order chi connectivity index (χ1) is 17.7. The second-order valence-electron chi connectivity index (χ2n) is 8.75. The molecule has 3 amide bonds. The van der Waals surface area contributed by atoms with Crippen LogP contribution in [0.25, 0.3) is 0 Å². The molecule has 1 aliphatic heterocycles. The lowest BCUT2D eigenvalue weighted by molar-refractivity contribution is -0.152. The van der Waals surface area contributed by atoms with Crippen molar-refractivity contribution in [3.05, 3.63) is 41.2 Å². The summed E-state index contributed by atoms with van der Waals surface area (Å²) in [5, 5.41) is 0. The number of benzene rings is 1. The summed E-state index contributed by atoms with van der Waals surface area (Å²) in [6.07, 6.45) is 0.508. The molecule has 1 atom stereocenters. The highest BCUT2D eigenvalue weighted by molar-refractivity contribution is 6.15. The van der Waals surface area contributed by atoms with Crippen LogP contribution in [0.3, 0.4) is 0 Å². The van der Waals surface area contributed by atoms with Crippen LogP contribution in [0, 0.1) is 29.1 Å². The van der Waals surface area contributed by atoms with E-state index in [2.05, 4.69) is 4.74 Å². The highest BCUT2D eigenvalue weighted by Gasteiger charge is 2.41. The van der Waals surface area contributed by atoms with E-state index in [9.17, 15) is 41.1 Å². The van der Waals surface area contributed by atoms with Gasteiger partial charge in [-0.25, -0.2) is 22.8 Å². The number of carbonyl (C=O) groups excluding carboxylic acids is 4. The normalized spacial score (nSPS) is 14.2. The topological polar surface area (TPSA) is 112 Å². The van der Waals surface area contributed by atoms with Gasteiger partial charge in [-0.1, -0.05) is 0 Å². The first-order valence-corrected chi connectivity index (χ1v) is 11.0. The van der Waals surface area contributed by atoms with Crippen molar-refractivity contribution in [2.24, 2.45) is 0 Å². The molecule has 0 N–H and O–H groups in total. The van der Waals surface area contributed by atoms with E-state index in [4.69, 9.17) is 14.2 Å². The number of imide groups is 1. The van der Waals surface area contributed by atoms with Gasteiger partial charge in [0, 0.05) is 25.8 Å². The lowest BCUT2D eigenvalue weighted by atomic mass is 10.2. The van der Waals surface area contributed by atoms with E-state index < -0.39 is 76.9 Å². The molecule has 0 fully saturated rings. The summed E-state index contributed by atoms with van der Waals surface area (Å²) < 4.78 is 88.7. The van der Waals surface area contributed by atoms with Crippen LogP contribution in [0.4, 0.5) is 26.7 Å². The quantitative estimate of drug-likeness (QED) is 0.0783. The van der Waals surface area contributed by atoms with E-state index in [1.807, 2.05) is 0 Å². The van der Waals surface area contributed by atoms with Gasteiger partial charge in [0.2, 0.25) is 34.8 Å². The lowest BCUT2D eigenvalue weighted by Gasteiger charge is -2.32. The van der Waals surface area contributed by atoms with E-state index in [1.165, 1.54) is 27.9 Å². The van der Waals surface area contributed by atoms with E-state index in [-0.39, 0.29) is 26.4 Å². The predicted octanol–water partition coefficient (Wildman–Crippen LogP) is 2.48. The van der Waals surface area contributed by atoms with Gasteiger partial charge < -0.3 is 23.8 Å². The Morgan fingerprint density at radius 3 is 1.92 bits per heavy atom. The Balaban J connectivity index is 2.42. The maximum absolute atomic E-state index is 14.1. The van der Waals surface area contributed by atoms with E-state index in [1.54, 1.807) is 0 Å². The summed E-state index contributed by atoms with van der Waals surface area (Å²) in [5.41, 5.74) is -1.03. The zero-order valence-electron chi connectivity index (χ0n) is 20.8. The molecular weight excluding hydrogens is 527 g/mol. The van der Waals surface area contributed by atoms with E-state index >= 15 is 0 Å². The first-order valence-electron chi connectivity index (χ1n) is 11.0. The van der Waals surface area contributed by atoms with Crippen molar-refractivity contribution in [1.29, 1.82) is 0 Å². The fourth-order valence-electron chi connectivity index (χ4n) is 3.03. The monoisotopic (exact) mass is 552 g/mol. The maximum Gasteiger partial charge on any atom is 0.410 e. The predicted molar refractivity (Wildman–Crippen MR) is 117 cm³/mol. The molecule has 0 radical (unpaired) electrons. The molecular formula is C23H25F5N2O8. The van der Waals surface area contributed by atoms with Crippen LogP contribution in [0.1, 0.15) is 20.8 Å². The highest BCUT2D eigenvalue weighted by Crippen LogP contribution is 2.30. The van der Waals surface area contributed by atoms with Crippen LogP contribution in [0.15, 0.2) is 12.2 Å². The van der Waals surface area contributed by atoms with Gasteiger partial charge in [0.1, 0.15) is 5.60 Å². The van der Waals surface area contributed by atoms with Gasteiger partial charge in [-0.05, 0) is 20.8 Å². The molecule has 0 aromatic heterocycles. The Morgan fingerprint density at radius 1 is 0.895 bits per heavy atom. The van der Waals surface area contributed by atoms with Gasteiger partial charge >= 0.3 is 12.1 Å². The second-order valence-corrected chi connectivity index (χ2v) is 8.75. The lowest BCUT2D eigenvalue weighted by Crippen LogP contribution is -2.54. The molecule has 1 heterocycles. The molecule has 38 heavy (non-hydrogen) atoms. The first kappa shape index (κ1) is 30.6. The van der Waals surface area contributed by atoms with E-state index in [0.717, 1.165) is 17.1 Å². The molecule has 0 aliphatic carbocycles. The van der Waals surface area contributed by atoms with Crippen molar-refractivity contribution in [1.82, 2.24) is 9.80 Å². The standard InChI is InChI=1S/C23H25F5N2O8/c1-23(2,3)38-22(34)29(7-8-36-10-9-35-4)11-12(30-13(31)5-6-14(30)32)21(33)37-20-18(27)16(25)15(24)17(26)19(20)28/h5-6,12H,7-11H2,1-4H3/t12-/m0/s1. The van der Waals surface area contributed by atoms with Crippen molar-refractivity contribution in [3.63, 3.8) is 0 Å². The summed E-state index contributed by atoms with van der Waals surface area (Å²) in [6.45, 7) is 3.69. The molecule has 0 bridgehead atoms. The Labute approximate surface area is 213 Å². The molecule has 10 nitrogen and oxygen atoms in total. The minimum atomic E-state index is -2.49. The molecule has 0 unspecified atom stereocenters. The van der Waals surface area contributed by atoms with Gasteiger partial charge in [0.15, 0.2) is 6.04 Å². The number of carbonyl (C=O) groups is 4.